The normalized spacial score (nSPS) is 16.3. The van der Waals surface area contributed by atoms with E-state index >= 15 is 0 Å². The number of amides is 1. The van der Waals surface area contributed by atoms with Gasteiger partial charge in [0.1, 0.15) is 5.82 Å². The van der Waals surface area contributed by atoms with Gasteiger partial charge in [0.25, 0.3) is 0 Å². The first-order chi connectivity index (χ1) is 23.1. The van der Waals surface area contributed by atoms with E-state index in [-0.39, 0.29) is 5.92 Å². The molecule has 0 unspecified atom stereocenters. The molecular formula is C38H38N8O. The molecule has 0 saturated carbocycles. The van der Waals surface area contributed by atoms with Gasteiger partial charge in [-0.15, -0.1) is 0 Å². The second kappa shape index (κ2) is 12.6. The summed E-state index contributed by atoms with van der Waals surface area (Å²) in [5.41, 5.74) is 7.95. The van der Waals surface area contributed by atoms with Crippen LogP contribution in [0.15, 0.2) is 97.3 Å². The number of nitrogens with zero attached hydrogens (tertiary/aromatic N) is 8. The van der Waals surface area contributed by atoms with E-state index in [0.717, 1.165) is 109 Å². The van der Waals surface area contributed by atoms with Crippen molar-refractivity contribution in [2.24, 2.45) is 5.92 Å². The zero-order valence-corrected chi connectivity index (χ0v) is 26.7. The molecule has 6 heterocycles. The number of carbonyl (C=O) groups is 1. The van der Waals surface area contributed by atoms with Gasteiger partial charge < -0.3 is 9.80 Å². The van der Waals surface area contributed by atoms with Crippen LogP contribution in [0.2, 0.25) is 0 Å². The molecule has 9 heteroatoms. The summed E-state index contributed by atoms with van der Waals surface area (Å²) in [5.74, 6) is 1.44. The fraction of sp³-hybridized carbons (Fsp3) is 0.289. The molecule has 47 heavy (non-hydrogen) atoms. The van der Waals surface area contributed by atoms with Crippen LogP contribution in [0, 0.1) is 12.8 Å². The summed E-state index contributed by atoms with van der Waals surface area (Å²) in [6.07, 6.45) is 5.54. The zero-order chi connectivity index (χ0) is 31.7. The zero-order valence-electron chi connectivity index (χ0n) is 26.7. The minimum atomic E-state index is 0.116. The van der Waals surface area contributed by atoms with Gasteiger partial charge in [-0.1, -0.05) is 60.7 Å². The van der Waals surface area contributed by atoms with Crippen LogP contribution >= 0.6 is 0 Å². The number of hydrogen-bond donors (Lipinski definition) is 0. The lowest BCUT2D eigenvalue weighted by atomic mass is 9.94. The van der Waals surface area contributed by atoms with Crippen LogP contribution in [-0.4, -0.2) is 79.5 Å². The highest BCUT2D eigenvalue weighted by Crippen LogP contribution is 2.34. The van der Waals surface area contributed by atoms with Crippen molar-refractivity contribution in [2.45, 2.75) is 26.3 Å². The lowest BCUT2D eigenvalue weighted by Gasteiger charge is -2.39. The van der Waals surface area contributed by atoms with Gasteiger partial charge in [0.15, 0.2) is 11.3 Å². The molecule has 2 aliphatic rings. The summed E-state index contributed by atoms with van der Waals surface area (Å²) in [6.45, 7) is 7.93. The molecule has 0 atom stereocenters. The lowest BCUT2D eigenvalue weighted by molar-refractivity contribution is -0.137. The number of piperidine rings is 1. The molecule has 0 aliphatic carbocycles. The molecule has 8 rings (SSSR count). The standard InChI is InChI=1S/C38H38N8O/c1-27-23-35-40-25-32-24-33(29-7-3-2-4-8-29)36(41-37(32)46(35)42-27)30-12-10-28(11-13-30)26-43-17-14-31(15-18-43)38(47)45-21-19-44(20-22-45)34-9-5-6-16-39-34/h2-13,16,23-25,31H,14-15,17-22,26H2,1H3. The van der Waals surface area contributed by atoms with E-state index in [1.807, 2.05) is 54.2 Å². The molecule has 4 aromatic heterocycles. The van der Waals surface area contributed by atoms with Gasteiger partial charge >= 0.3 is 0 Å². The van der Waals surface area contributed by atoms with Crippen molar-refractivity contribution in [3.05, 3.63) is 109 Å². The topological polar surface area (TPSA) is 82.8 Å². The number of benzene rings is 2. The molecule has 236 valence electrons. The molecule has 0 N–H and O–H groups in total. The highest BCUT2D eigenvalue weighted by Gasteiger charge is 2.30. The van der Waals surface area contributed by atoms with Crippen LogP contribution in [-0.2, 0) is 11.3 Å². The molecule has 2 aliphatic heterocycles. The van der Waals surface area contributed by atoms with Crippen molar-refractivity contribution in [2.75, 3.05) is 44.2 Å². The molecule has 0 spiro atoms. The van der Waals surface area contributed by atoms with Crippen molar-refractivity contribution in [1.82, 2.24) is 34.4 Å². The number of fused-ring (bicyclic) bond motifs is 3. The van der Waals surface area contributed by atoms with Crippen molar-refractivity contribution in [1.29, 1.82) is 0 Å². The smallest absolute Gasteiger partial charge is 0.225 e. The van der Waals surface area contributed by atoms with Crippen LogP contribution in [0.1, 0.15) is 24.1 Å². The average molecular weight is 623 g/mol. The second-order valence-corrected chi connectivity index (χ2v) is 12.7. The first-order valence-corrected chi connectivity index (χ1v) is 16.6. The number of hydrogen-bond acceptors (Lipinski definition) is 7. The SMILES string of the molecule is Cc1cc2ncc3cc(-c4ccccc4)c(-c4ccc(CN5CCC(C(=O)N6CCN(c7ccccn7)CC6)CC5)cc4)nc3n2n1. The Kier molecular flexibility index (Phi) is 7.82. The Morgan fingerprint density at radius 3 is 2.32 bits per heavy atom. The molecule has 0 radical (unpaired) electrons. The minimum Gasteiger partial charge on any atom is -0.353 e. The summed E-state index contributed by atoms with van der Waals surface area (Å²) in [5, 5.41) is 5.63. The average Bonchev–Trinajstić information content (AvgIpc) is 3.53. The Balaban J connectivity index is 0.942. The molecule has 1 amide bonds. The number of likely N-dealkylation sites (tertiary alicyclic amines) is 1. The Hall–Kier alpha value is -5.15. The number of aromatic nitrogens is 5. The van der Waals surface area contributed by atoms with Crippen LogP contribution in [0.3, 0.4) is 0 Å². The van der Waals surface area contributed by atoms with Gasteiger partial charge in [0.05, 0.1) is 11.4 Å². The summed E-state index contributed by atoms with van der Waals surface area (Å²) in [4.78, 5) is 34.5. The summed E-state index contributed by atoms with van der Waals surface area (Å²) in [6, 6.07) is 29.4. The van der Waals surface area contributed by atoms with Crippen molar-refractivity contribution < 1.29 is 4.79 Å². The van der Waals surface area contributed by atoms with Crippen molar-refractivity contribution >= 4 is 28.4 Å². The Morgan fingerprint density at radius 1 is 0.809 bits per heavy atom. The van der Waals surface area contributed by atoms with Gasteiger partial charge in [0.2, 0.25) is 5.91 Å². The van der Waals surface area contributed by atoms with E-state index in [0.29, 0.717) is 5.91 Å². The van der Waals surface area contributed by atoms with E-state index in [2.05, 4.69) is 84.4 Å². The molecule has 2 saturated heterocycles. The van der Waals surface area contributed by atoms with Gasteiger partial charge in [-0.25, -0.2) is 15.0 Å². The molecule has 6 aromatic rings. The number of pyridine rings is 2. The third-order valence-corrected chi connectivity index (χ3v) is 9.60. The summed E-state index contributed by atoms with van der Waals surface area (Å²) < 4.78 is 1.84. The van der Waals surface area contributed by atoms with Gasteiger partial charge in [-0.2, -0.15) is 9.61 Å². The van der Waals surface area contributed by atoms with Crippen LogP contribution in [0.4, 0.5) is 5.82 Å². The predicted molar refractivity (Wildman–Crippen MR) is 185 cm³/mol. The quantitative estimate of drug-likeness (QED) is 0.230. The van der Waals surface area contributed by atoms with Crippen LogP contribution < -0.4 is 4.90 Å². The number of anilines is 1. The van der Waals surface area contributed by atoms with Gasteiger partial charge in [-0.05, 0) is 62.2 Å². The Bertz CT molecular complexity index is 2010. The monoisotopic (exact) mass is 622 g/mol. The van der Waals surface area contributed by atoms with E-state index in [1.165, 1.54) is 5.56 Å². The fourth-order valence-electron chi connectivity index (χ4n) is 7.03. The minimum absolute atomic E-state index is 0.116. The first-order valence-electron chi connectivity index (χ1n) is 16.6. The highest BCUT2D eigenvalue weighted by molar-refractivity contribution is 5.90. The molecule has 2 aromatic carbocycles. The Morgan fingerprint density at radius 2 is 1.57 bits per heavy atom. The van der Waals surface area contributed by atoms with Gasteiger partial charge in [0, 0.05) is 73.6 Å². The number of rotatable bonds is 6. The lowest BCUT2D eigenvalue weighted by Crippen LogP contribution is -2.51. The van der Waals surface area contributed by atoms with E-state index in [4.69, 9.17) is 4.98 Å². The van der Waals surface area contributed by atoms with Crippen LogP contribution in [0.5, 0.6) is 0 Å². The second-order valence-electron chi connectivity index (χ2n) is 12.7. The third kappa shape index (κ3) is 5.94. The molecule has 0 bridgehead atoms. The summed E-state index contributed by atoms with van der Waals surface area (Å²) in [7, 11) is 0. The predicted octanol–water partition coefficient (Wildman–Crippen LogP) is 5.88. The Labute approximate surface area is 274 Å². The number of carbonyl (C=O) groups excluding carboxylic acids is 1. The van der Waals surface area contributed by atoms with E-state index < -0.39 is 0 Å². The maximum absolute atomic E-state index is 13.4. The molecular weight excluding hydrogens is 584 g/mol. The molecule has 2 fully saturated rings. The van der Waals surface area contributed by atoms with Crippen molar-refractivity contribution in [3.8, 4) is 22.4 Å². The van der Waals surface area contributed by atoms with E-state index in [1.54, 1.807) is 0 Å². The maximum Gasteiger partial charge on any atom is 0.225 e. The largest absolute Gasteiger partial charge is 0.353 e. The molecule has 9 nitrogen and oxygen atoms in total. The van der Waals surface area contributed by atoms with Gasteiger partial charge in [-0.3, -0.25) is 9.69 Å². The number of piperazine rings is 1. The number of aryl methyl sites for hydroxylation is 1. The summed E-state index contributed by atoms with van der Waals surface area (Å²) >= 11 is 0. The van der Waals surface area contributed by atoms with E-state index in [9.17, 15) is 4.79 Å². The maximum atomic E-state index is 13.4. The first kappa shape index (κ1) is 29.3. The van der Waals surface area contributed by atoms with Crippen LogP contribution in [0.25, 0.3) is 39.1 Å². The third-order valence-electron chi connectivity index (χ3n) is 9.60. The van der Waals surface area contributed by atoms with Crippen molar-refractivity contribution in [3.63, 3.8) is 0 Å². The fourth-order valence-corrected chi connectivity index (χ4v) is 7.03. The highest BCUT2D eigenvalue weighted by atomic mass is 16.2.